The minimum atomic E-state index is -1.35. The number of hydrogen-bond donors (Lipinski definition) is 2. The molecule has 2 N–H and O–H groups in total. The second-order valence-electron chi connectivity index (χ2n) is 7.77. The average molecular weight is 633 g/mol. The van der Waals surface area contributed by atoms with E-state index in [2.05, 4.69) is 26.6 Å². The normalized spacial score (nSPS) is 17.9. The molecule has 0 aliphatic heterocycles. The van der Waals surface area contributed by atoms with Gasteiger partial charge in [0, 0.05) is 26.1 Å². The molecule has 2 atom stereocenters. The van der Waals surface area contributed by atoms with E-state index < -0.39 is 28.0 Å². The zero-order valence-electron chi connectivity index (χ0n) is 17.4. The Labute approximate surface area is 234 Å². The lowest BCUT2D eigenvalue weighted by atomic mass is 10.1. The van der Waals surface area contributed by atoms with Crippen LogP contribution in [0.5, 0.6) is 0 Å². The van der Waals surface area contributed by atoms with Gasteiger partial charge in [-0.25, -0.2) is 0 Å². The molecule has 1 aliphatic carbocycles. The van der Waals surface area contributed by atoms with Gasteiger partial charge in [0.2, 0.25) is 5.91 Å². The van der Waals surface area contributed by atoms with Crippen molar-refractivity contribution in [1.29, 1.82) is 5.26 Å². The minimum Gasteiger partial charge on any atom is -0.326 e. The molecule has 3 aromatic carbocycles. The molecular formula is C24H13BrCl5N3O2. The van der Waals surface area contributed by atoms with Crippen LogP contribution in [0, 0.1) is 17.2 Å². The molecule has 1 aliphatic rings. The zero-order chi connectivity index (χ0) is 25.5. The fraction of sp³-hybridized carbons (Fsp3) is 0.125. The van der Waals surface area contributed by atoms with E-state index in [1.54, 1.807) is 42.5 Å². The lowest BCUT2D eigenvalue weighted by molar-refractivity contribution is -0.117. The highest BCUT2D eigenvalue weighted by Crippen LogP contribution is 2.65. The maximum atomic E-state index is 13.0. The van der Waals surface area contributed by atoms with Crippen molar-refractivity contribution in [3.05, 3.63) is 90.8 Å². The number of amides is 2. The van der Waals surface area contributed by atoms with Gasteiger partial charge in [-0.1, -0.05) is 50.7 Å². The van der Waals surface area contributed by atoms with Crippen molar-refractivity contribution in [2.45, 2.75) is 10.3 Å². The molecule has 5 nitrogen and oxygen atoms in total. The molecule has 2 amide bonds. The van der Waals surface area contributed by atoms with Crippen LogP contribution in [0.4, 0.5) is 11.4 Å². The summed E-state index contributed by atoms with van der Waals surface area (Å²) in [6, 6.07) is 16.2. The number of rotatable bonds is 5. The van der Waals surface area contributed by atoms with E-state index in [1.165, 1.54) is 12.1 Å². The van der Waals surface area contributed by atoms with Gasteiger partial charge >= 0.3 is 0 Å². The Morgan fingerprint density at radius 1 is 0.943 bits per heavy atom. The molecule has 0 unspecified atom stereocenters. The first kappa shape index (κ1) is 26.1. The van der Waals surface area contributed by atoms with Gasteiger partial charge in [0.25, 0.3) is 5.91 Å². The van der Waals surface area contributed by atoms with Crippen LogP contribution in [0.2, 0.25) is 15.1 Å². The predicted molar refractivity (Wildman–Crippen MR) is 144 cm³/mol. The Morgan fingerprint density at radius 2 is 1.63 bits per heavy atom. The Hall–Kier alpha value is -1.98. The summed E-state index contributed by atoms with van der Waals surface area (Å²) < 4.78 is -0.663. The smallest absolute Gasteiger partial charge is 0.257 e. The number of alkyl halides is 2. The molecule has 35 heavy (non-hydrogen) atoms. The summed E-state index contributed by atoms with van der Waals surface area (Å²) in [5.41, 5.74) is 1.66. The maximum Gasteiger partial charge on any atom is 0.257 e. The van der Waals surface area contributed by atoms with Crippen LogP contribution >= 0.6 is 73.9 Å². The number of anilines is 2. The second-order valence-corrected chi connectivity index (χ2v) is 11.4. The number of halogens is 6. The lowest BCUT2D eigenvalue weighted by Crippen LogP contribution is -2.18. The van der Waals surface area contributed by atoms with Gasteiger partial charge in [0.1, 0.15) is 10.4 Å². The number of nitrogens with zero attached hydrogens (tertiary/aromatic N) is 1. The van der Waals surface area contributed by atoms with Crippen LogP contribution in [-0.4, -0.2) is 16.1 Å². The summed E-state index contributed by atoms with van der Waals surface area (Å²) in [5, 5.41) is 15.7. The highest BCUT2D eigenvalue weighted by Gasteiger charge is 2.67. The lowest BCUT2D eigenvalue weighted by Gasteiger charge is -2.11. The Kier molecular flexibility index (Phi) is 7.59. The monoisotopic (exact) mass is 629 g/mol. The van der Waals surface area contributed by atoms with Crippen molar-refractivity contribution in [3.63, 3.8) is 0 Å². The molecule has 0 saturated heterocycles. The van der Waals surface area contributed by atoms with Crippen LogP contribution in [0.25, 0.3) is 0 Å². The van der Waals surface area contributed by atoms with Gasteiger partial charge in [-0.2, -0.15) is 5.26 Å². The molecule has 0 bridgehead atoms. The number of hydrogen-bond acceptors (Lipinski definition) is 3. The summed E-state index contributed by atoms with van der Waals surface area (Å²) >= 11 is 34.5. The largest absolute Gasteiger partial charge is 0.326 e. The molecule has 1 saturated carbocycles. The molecule has 0 spiro atoms. The summed E-state index contributed by atoms with van der Waals surface area (Å²) in [7, 11) is 0. The molecule has 11 heteroatoms. The Morgan fingerprint density at radius 3 is 2.29 bits per heavy atom. The second kappa shape index (κ2) is 10.2. The van der Waals surface area contributed by atoms with Crippen LogP contribution in [0.15, 0.2) is 59.1 Å². The number of carbonyl (C=O) groups excluding carboxylic acids is 2. The van der Waals surface area contributed by atoms with E-state index in [0.717, 1.165) is 0 Å². The van der Waals surface area contributed by atoms with Gasteiger partial charge in [-0.05, 0) is 60.2 Å². The van der Waals surface area contributed by atoms with E-state index in [-0.39, 0.29) is 16.1 Å². The van der Waals surface area contributed by atoms with Crippen LogP contribution in [-0.2, 0) is 4.79 Å². The third-order valence-electron chi connectivity index (χ3n) is 5.41. The molecule has 1 fully saturated rings. The van der Waals surface area contributed by atoms with Gasteiger partial charge in [-0.3, -0.25) is 9.59 Å². The average Bonchev–Trinajstić information content (AvgIpc) is 3.36. The first-order valence-electron chi connectivity index (χ1n) is 9.96. The van der Waals surface area contributed by atoms with Gasteiger partial charge in [0.05, 0.1) is 27.8 Å². The third kappa shape index (κ3) is 5.56. The SMILES string of the molecule is N#Cc1ccc(Br)cc1NC(=O)c1cc(NC(=O)[C@H]2[C@H](c3cc(Cl)cc(Cl)c3)C2(Cl)Cl)ccc1Cl. The first-order valence-corrected chi connectivity index (χ1v) is 12.6. The number of nitriles is 1. The molecular weight excluding hydrogens is 619 g/mol. The minimum absolute atomic E-state index is 0.102. The molecule has 0 aromatic heterocycles. The van der Waals surface area contributed by atoms with Crippen LogP contribution < -0.4 is 10.6 Å². The molecule has 4 rings (SSSR count). The maximum absolute atomic E-state index is 13.0. The van der Waals surface area contributed by atoms with Crippen LogP contribution in [0.1, 0.15) is 27.4 Å². The van der Waals surface area contributed by atoms with Crippen LogP contribution in [0.3, 0.4) is 0 Å². The number of carbonyl (C=O) groups is 2. The fourth-order valence-electron chi connectivity index (χ4n) is 3.73. The summed E-state index contributed by atoms with van der Waals surface area (Å²) in [6.07, 6.45) is 0. The molecule has 3 aromatic rings. The molecule has 0 radical (unpaired) electrons. The summed E-state index contributed by atoms with van der Waals surface area (Å²) in [5.74, 6) is -2.28. The van der Waals surface area contributed by atoms with Crippen molar-refractivity contribution in [3.8, 4) is 6.07 Å². The van der Waals surface area contributed by atoms with Crippen molar-refractivity contribution < 1.29 is 9.59 Å². The zero-order valence-corrected chi connectivity index (χ0v) is 22.7. The van der Waals surface area contributed by atoms with E-state index in [4.69, 9.17) is 58.0 Å². The third-order valence-corrected chi connectivity index (χ3v) is 7.61. The van der Waals surface area contributed by atoms with E-state index in [0.29, 0.717) is 31.5 Å². The van der Waals surface area contributed by atoms with Crippen molar-refractivity contribution >= 4 is 97.1 Å². The topological polar surface area (TPSA) is 82.0 Å². The molecule has 178 valence electrons. The Balaban J connectivity index is 1.53. The first-order chi connectivity index (χ1) is 16.5. The van der Waals surface area contributed by atoms with Gasteiger partial charge in [-0.15, -0.1) is 23.2 Å². The van der Waals surface area contributed by atoms with Crippen molar-refractivity contribution in [2.75, 3.05) is 10.6 Å². The summed E-state index contributed by atoms with van der Waals surface area (Å²) in [6.45, 7) is 0. The highest BCUT2D eigenvalue weighted by atomic mass is 79.9. The Bertz CT molecular complexity index is 1390. The number of benzene rings is 3. The van der Waals surface area contributed by atoms with E-state index in [9.17, 15) is 14.9 Å². The van der Waals surface area contributed by atoms with Gasteiger partial charge in [0.15, 0.2) is 0 Å². The number of nitrogens with one attached hydrogen (secondary N) is 2. The quantitative estimate of drug-likeness (QED) is 0.279. The van der Waals surface area contributed by atoms with Crippen molar-refractivity contribution in [1.82, 2.24) is 0 Å². The van der Waals surface area contributed by atoms with E-state index in [1.807, 2.05) is 6.07 Å². The van der Waals surface area contributed by atoms with Gasteiger partial charge < -0.3 is 10.6 Å². The summed E-state index contributed by atoms with van der Waals surface area (Å²) in [4.78, 5) is 25.9. The standard InChI is InChI=1S/C24H13BrCl5N3O2/c25-13-2-1-11(10-31)19(7-13)33-22(34)17-9-16(3-4-18(17)28)32-23(35)21-20(24(21,29)30)12-5-14(26)8-15(27)6-12/h1-9,20-21H,(H,32,35)(H,33,34)/t20-,21+/m0/s1. The molecule has 0 heterocycles. The fourth-order valence-corrected chi connectivity index (χ4v) is 5.66. The van der Waals surface area contributed by atoms with Crippen molar-refractivity contribution in [2.24, 2.45) is 5.92 Å². The van der Waals surface area contributed by atoms with E-state index >= 15 is 0 Å². The highest BCUT2D eigenvalue weighted by molar-refractivity contribution is 9.10. The predicted octanol–water partition coefficient (Wildman–Crippen LogP) is 8.06.